The summed E-state index contributed by atoms with van der Waals surface area (Å²) in [5.41, 5.74) is 5.83. The van der Waals surface area contributed by atoms with Crippen molar-refractivity contribution < 1.29 is 4.79 Å². The molecule has 0 saturated heterocycles. The van der Waals surface area contributed by atoms with Gasteiger partial charge in [0.2, 0.25) is 5.91 Å². The van der Waals surface area contributed by atoms with E-state index in [4.69, 9.17) is 5.73 Å². The summed E-state index contributed by atoms with van der Waals surface area (Å²) in [4.78, 5) is 13.6. The largest absolute Gasteiger partial charge is 0.341 e. The third-order valence-electron chi connectivity index (χ3n) is 2.37. The Kier molecular flexibility index (Phi) is 8.37. The zero-order chi connectivity index (χ0) is 11.8. The van der Waals surface area contributed by atoms with Gasteiger partial charge in [-0.05, 0) is 31.6 Å². The van der Waals surface area contributed by atoms with Gasteiger partial charge in [-0.15, -0.1) is 0 Å². The van der Waals surface area contributed by atoms with Gasteiger partial charge in [-0.3, -0.25) is 4.79 Å². The average Bonchev–Trinajstić information content (AvgIpc) is 2.24. The third-order valence-corrected chi connectivity index (χ3v) is 3.83. The molecule has 90 valence electrons. The number of likely N-dealkylation sites (N-methyl/N-ethyl adjacent to an activating group) is 1. The first kappa shape index (κ1) is 15.1. The van der Waals surface area contributed by atoms with Crippen LogP contribution in [0.15, 0.2) is 0 Å². The van der Waals surface area contributed by atoms with Crippen molar-refractivity contribution in [2.24, 2.45) is 5.73 Å². The Bertz CT molecular complexity index is 190. The summed E-state index contributed by atoms with van der Waals surface area (Å²) >= 11 is 3.47. The zero-order valence-electron chi connectivity index (χ0n) is 10.0. The predicted octanol–water partition coefficient (Wildman–Crippen LogP) is 1.28. The van der Waals surface area contributed by atoms with Crippen LogP contribution in [0.2, 0.25) is 0 Å². The Labute approximate surface area is 102 Å². The lowest BCUT2D eigenvalue weighted by Gasteiger charge is -2.27. The van der Waals surface area contributed by atoms with Gasteiger partial charge < -0.3 is 10.6 Å². The van der Waals surface area contributed by atoms with Crippen LogP contribution in [0.4, 0.5) is 0 Å². The molecule has 15 heavy (non-hydrogen) atoms. The van der Waals surface area contributed by atoms with Gasteiger partial charge in [0.05, 0.1) is 6.04 Å². The highest BCUT2D eigenvalue weighted by Crippen LogP contribution is 2.07. The molecule has 2 atom stereocenters. The van der Waals surface area contributed by atoms with Crippen molar-refractivity contribution in [3.05, 3.63) is 0 Å². The van der Waals surface area contributed by atoms with Crippen LogP contribution >= 0.6 is 23.5 Å². The smallest absolute Gasteiger partial charge is 0.239 e. The normalized spacial score (nSPS) is 14.7. The minimum atomic E-state index is -0.341. The molecule has 0 saturated carbocycles. The van der Waals surface area contributed by atoms with Crippen LogP contribution in [-0.4, -0.2) is 54.0 Å². The molecular weight excluding hydrogens is 228 g/mol. The van der Waals surface area contributed by atoms with Crippen molar-refractivity contribution in [2.45, 2.75) is 25.4 Å². The maximum atomic E-state index is 11.8. The molecule has 1 amide bonds. The van der Waals surface area contributed by atoms with E-state index >= 15 is 0 Å². The van der Waals surface area contributed by atoms with E-state index in [1.807, 2.05) is 19.6 Å². The molecule has 1 unspecified atom stereocenters. The molecule has 3 nitrogen and oxygen atoms in total. The lowest BCUT2D eigenvalue weighted by Crippen LogP contribution is -2.46. The summed E-state index contributed by atoms with van der Waals surface area (Å²) in [7, 11) is 1.84. The predicted molar refractivity (Wildman–Crippen MR) is 71.6 cm³/mol. The molecule has 0 aromatic heterocycles. The third kappa shape index (κ3) is 5.68. The van der Waals surface area contributed by atoms with Gasteiger partial charge in [-0.25, -0.2) is 0 Å². The van der Waals surface area contributed by atoms with E-state index in [2.05, 4.69) is 6.92 Å². The molecular formula is C10H22N2OS2. The highest BCUT2D eigenvalue weighted by molar-refractivity contribution is 7.98. The van der Waals surface area contributed by atoms with Gasteiger partial charge in [0.15, 0.2) is 0 Å². The SMILES string of the molecule is CSCC[C@H](N)C(=O)N(C)C(C)CSC. The Hall–Kier alpha value is 0.130. The first-order valence-corrected chi connectivity index (χ1v) is 7.83. The van der Waals surface area contributed by atoms with E-state index < -0.39 is 0 Å². The van der Waals surface area contributed by atoms with E-state index in [1.54, 1.807) is 28.4 Å². The van der Waals surface area contributed by atoms with Crippen LogP contribution in [0.3, 0.4) is 0 Å². The van der Waals surface area contributed by atoms with Gasteiger partial charge in [0.1, 0.15) is 0 Å². The van der Waals surface area contributed by atoms with Crippen molar-refractivity contribution in [2.75, 3.05) is 31.1 Å². The van der Waals surface area contributed by atoms with E-state index in [1.165, 1.54) is 0 Å². The Morgan fingerprint density at radius 1 is 1.40 bits per heavy atom. The van der Waals surface area contributed by atoms with Crippen LogP contribution in [-0.2, 0) is 4.79 Å². The number of rotatable bonds is 7. The maximum Gasteiger partial charge on any atom is 0.239 e. The van der Waals surface area contributed by atoms with Crippen molar-refractivity contribution in [1.29, 1.82) is 0 Å². The number of nitrogens with two attached hydrogens (primary N) is 1. The molecule has 0 aromatic rings. The van der Waals surface area contributed by atoms with Gasteiger partial charge in [-0.1, -0.05) is 0 Å². The molecule has 0 bridgehead atoms. The summed E-state index contributed by atoms with van der Waals surface area (Å²) in [6.07, 6.45) is 4.83. The van der Waals surface area contributed by atoms with Gasteiger partial charge in [-0.2, -0.15) is 23.5 Å². The quantitative estimate of drug-likeness (QED) is 0.739. The van der Waals surface area contributed by atoms with Crippen LogP contribution in [0.25, 0.3) is 0 Å². The van der Waals surface area contributed by atoms with Crippen LogP contribution < -0.4 is 5.73 Å². The summed E-state index contributed by atoms with van der Waals surface area (Å²) in [5.74, 6) is 1.96. The molecule has 0 aliphatic rings. The van der Waals surface area contributed by atoms with E-state index in [-0.39, 0.29) is 18.0 Å². The highest BCUT2D eigenvalue weighted by atomic mass is 32.2. The second kappa shape index (κ2) is 8.30. The lowest BCUT2D eigenvalue weighted by atomic mass is 10.2. The standard InChI is InChI=1S/C10H22N2OS2/c1-8(7-15-4)12(2)10(13)9(11)5-6-14-3/h8-9H,5-7,11H2,1-4H3/t8?,9-/m0/s1. The minimum absolute atomic E-state index is 0.0607. The molecule has 0 heterocycles. The summed E-state index contributed by atoms with van der Waals surface area (Å²) < 4.78 is 0. The summed E-state index contributed by atoms with van der Waals surface area (Å²) in [5, 5.41) is 0. The molecule has 0 aromatic carbocycles. The van der Waals surface area contributed by atoms with E-state index in [0.717, 1.165) is 17.9 Å². The number of nitrogens with zero attached hydrogens (tertiary/aromatic N) is 1. The lowest BCUT2D eigenvalue weighted by molar-refractivity contribution is -0.132. The number of amides is 1. The molecule has 5 heteroatoms. The zero-order valence-corrected chi connectivity index (χ0v) is 11.7. The first-order valence-electron chi connectivity index (χ1n) is 5.04. The first-order chi connectivity index (χ1) is 7.04. The second-order valence-electron chi connectivity index (χ2n) is 3.64. The number of hydrogen-bond donors (Lipinski definition) is 1. The van der Waals surface area contributed by atoms with Crippen LogP contribution in [0.1, 0.15) is 13.3 Å². The fourth-order valence-corrected chi connectivity index (χ4v) is 2.40. The molecule has 0 spiro atoms. The van der Waals surface area contributed by atoms with Gasteiger partial charge >= 0.3 is 0 Å². The number of carbonyl (C=O) groups excluding carboxylic acids is 1. The fourth-order valence-electron chi connectivity index (χ4n) is 1.20. The monoisotopic (exact) mass is 250 g/mol. The number of carbonyl (C=O) groups is 1. The molecule has 0 aliphatic heterocycles. The number of thioether (sulfide) groups is 2. The Balaban J connectivity index is 4.05. The average molecular weight is 250 g/mol. The second-order valence-corrected chi connectivity index (χ2v) is 5.54. The van der Waals surface area contributed by atoms with Gasteiger partial charge in [0.25, 0.3) is 0 Å². The summed E-state index contributed by atoms with van der Waals surface area (Å²) in [6, 6.07) is -0.0837. The molecule has 2 N–H and O–H groups in total. The van der Waals surface area contributed by atoms with Crippen LogP contribution in [0, 0.1) is 0 Å². The Morgan fingerprint density at radius 3 is 2.47 bits per heavy atom. The van der Waals surface area contributed by atoms with Crippen molar-refractivity contribution >= 4 is 29.4 Å². The molecule has 0 rings (SSSR count). The highest BCUT2D eigenvalue weighted by Gasteiger charge is 2.21. The van der Waals surface area contributed by atoms with Crippen molar-refractivity contribution in [1.82, 2.24) is 4.90 Å². The van der Waals surface area contributed by atoms with E-state index in [9.17, 15) is 4.79 Å². The van der Waals surface area contributed by atoms with Crippen LogP contribution in [0.5, 0.6) is 0 Å². The van der Waals surface area contributed by atoms with Crippen molar-refractivity contribution in [3.63, 3.8) is 0 Å². The maximum absolute atomic E-state index is 11.8. The fraction of sp³-hybridized carbons (Fsp3) is 0.900. The molecule has 0 fully saturated rings. The van der Waals surface area contributed by atoms with E-state index in [0.29, 0.717) is 0 Å². The molecule has 0 aliphatic carbocycles. The van der Waals surface area contributed by atoms with Gasteiger partial charge in [0, 0.05) is 18.8 Å². The molecule has 0 radical (unpaired) electrons. The number of hydrogen-bond acceptors (Lipinski definition) is 4. The Morgan fingerprint density at radius 2 is 2.00 bits per heavy atom. The summed E-state index contributed by atoms with van der Waals surface area (Å²) in [6.45, 7) is 2.05. The minimum Gasteiger partial charge on any atom is -0.341 e. The van der Waals surface area contributed by atoms with Crippen molar-refractivity contribution in [3.8, 4) is 0 Å². The topological polar surface area (TPSA) is 46.3 Å².